The lowest BCUT2D eigenvalue weighted by molar-refractivity contribution is -0.00207. The molecule has 2 aliphatic rings. The van der Waals surface area contributed by atoms with Gasteiger partial charge >= 0.3 is 23.3 Å². The number of likely N-dealkylation sites (tertiary alicyclic amines) is 1. The number of carbonyl (C=O) groups excluding carboxylic acids is 2. The Morgan fingerprint density at radius 1 is 0.980 bits per heavy atom. The Kier molecular flexibility index (Phi) is 13.1. The molecule has 282 valence electrons. The molecule has 12 nitrogen and oxygen atoms in total. The van der Waals surface area contributed by atoms with Crippen molar-refractivity contribution in [1.29, 1.82) is 0 Å². The molecule has 0 unspecified atom stereocenters. The van der Waals surface area contributed by atoms with Crippen LogP contribution in [0.3, 0.4) is 0 Å². The van der Waals surface area contributed by atoms with Gasteiger partial charge in [-0.15, -0.1) is 0 Å². The minimum absolute atomic E-state index is 0.0380. The van der Waals surface area contributed by atoms with E-state index >= 15 is 0 Å². The number of fused-ring (bicyclic) bond motifs is 1. The van der Waals surface area contributed by atoms with Crippen molar-refractivity contribution in [2.24, 2.45) is 0 Å². The highest BCUT2D eigenvalue weighted by molar-refractivity contribution is 7.86. The van der Waals surface area contributed by atoms with E-state index in [1.54, 1.807) is 46.2 Å². The van der Waals surface area contributed by atoms with Gasteiger partial charge in [-0.3, -0.25) is 4.79 Å². The van der Waals surface area contributed by atoms with Crippen molar-refractivity contribution in [3.05, 3.63) is 59.7 Å². The van der Waals surface area contributed by atoms with Crippen molar-refractivity contribution in [3.8, 4) is 11.5 Å². The van der Waals surface area contributed by atoms with E-state index in [1.807, 2.05) is 46.8 Å². The van der Waals surface area contributed by atoms with Crippen LogP contribution in [0.25, 0.3) is 5.76 Å². The number of piperidine rings is 1. The van der Waals surface area contributed by atoms with Gasteiger partial charge in [-0.25, -0.2) is 4.79 Å². The Morgan fingerprint density at radius 2 is 1.55 bits per heavy atom. The summed E-state index contributed by atoms with van der Waals surface area (Å²) in [5.41, 5.74) is 0.0631. The molecule has 0 aromatic heterocycles. The fraction of sp³-hybridized carbons (Fsp3) is 0.556. The zero-order chi connectivity index (χ0) is 38.6. The molecule has 2 heterocycles. The third-order valence-electron chi connectivity index (χ3n) is 9.12. The Bertz CT molecular complexity index is 1670. The molecule has 0 saturated carbocycles. The van der Waals surface area contributed by atoms with Gasteiger partial charge in [-0.1, -0.05) is 39.0 Å². The number of hydrogen-bond acceptors (Lipinski definition) is 10. The maximum absolute atomic E-state index is 12.6. The van der Waals surface area contributed by atoms with Gasteiger partial charge in [0, 0.05) is 50.7 Å². The van der Waals surface area contributed by atoms with E-state index in [0.717, 1.165) is 6.26 Å². The van der Waals surface area contributed by atoms with Crippen LogP contribution in [0.1, 0.15) is 84.2 Å². The van der Waals surface area contributed by atoms with Crippen molar-refractivity contribution in [2.75, 3.05) is 32.4 Å². The van der Waals surface area contributed by atoms with E-state index in [9.17, 15) is 18.0 Å². The maximum atomic E-state index is 12.6. The van der Waals surface area contributed by atoms with E-state index < -0.39 is 36.8 Å². The molecule has 0 radical (unpaired) electrons. The van der Waals surface area contributed by atoms with E-state index in [1.165, 1.54) is 0 Å². The van der Waals surface area contributed by atoms with Gasteiger partial charge in [0.1, 0.15) is 17.0 Å². The summed E-state index contributed by atoms with van der Waals surface area (Å²) in [6.45, 7) is 22.2. The lowest BCUT2D eigenvalue weighted by Crippen LogP contribution is -2.51. The summed E-state index contributed by atoms with van der Waals surface area (Å²) >= 11 is 0. The monoisotopic (exact) mass is 746 g/mol. The van der Waals surface area contributed by atoms with Crippen LogP contribution in [0.2, 0.25) is 18.1 Å². The molecule has 2 amide bonds. The number of benzene rings is 2. The van der Waals surface area contributed by atoms with Crippen LogP contribution in [0.4, 0.5) is 4.79 Å². The van der Waals surface area contributed by atoms with Gasteiger partial charge < -0.3 is 37.9 Å². The van der Waals surface area contributed by atoms with Crippen LogP contribution in [0, 0.1) is 0 Å². The molecule has 2 aromatic carbocycles. The molecule has 0 atom stereocenters. The summed E-state index contributed by atoms with van der Waals surface area (Å²) in [5.74, 6) is 1.24. The van der Waals surface area contributed by atoms with Crippen molar-refractivity contribution in [2.45, 2.75) is 97.6 Å². The molecule has 4 rings (SSSR count). The van der Waals surface area contributed by atoms with Crippen LogP contribution in [0.15, 0.2) is 48.5 Å². The maximum Gasteiger partial charge on any atom is 0.488 e. The number of rotatable bonds is 8. The van der Waals surface area contributed by atoms with Crippen LogP contribution in [0.5, 0.6) is 11.5 Å². The fourth-order valence-electron chi connectivity index (χ4n) is 5.24. The largest absolute Gasteiger partial charge is 0.541 e. The molecule has 2 N–H and O–H groups in total. The Labute approximate surface area is 305 Å². The summed E-state index contributed by atoms with van der Waals surface area (Å²) in [7, 11) is -7.48. The predicted molar refractivity (Wildman–Crippen MR) is 202 cm³/mol. The first-order valence-corrected chi connectivity index (χ1v) is 22.0. The number of nitrogens with zero attached hydrogens (tertiary/aromatic N) is 2. The van der Waals surface area contributed by atoms with E-state index in [0.29, 0.717) is 67.1 Å². The number of ether oxygens (including phenoxy) is 2. The SMILES string of the molecule is CC(C)(C)OC(=O)N1CCC2(C=C(OS(C)(=O)=O)c3cccc(O[Si](C)(C)C(C)(C)C)c3O2)CC1.CCN(CC)C(=O)c1ccc(B(O)O)cc1. The summed E-state index contributed by atoms with van der Waals surface area (Å²) in [6, 6.07) is 11.7. The summed E-state index contributed by atoms with van der Waals surface area (Å²) in [5, 5.41) is 17.8. The summed E-state index contributed by atoms with van der Waals surface area (Å²) in [6.07, 6.45) is 3.30. The predicted octanol–water partition coefficient (Wildman–Crippen LogP) is 5.40. The lowest BCUT2D eigenvalue weighted by atomic mass is 9.80. The number of carbonyl (C=O) groups is 2. The third kappa shape index (κ3) is 11.2. The third-order valence-corrected chi connectivity index (χ3v) is 13.9. The van der Waals surface area contributed by atoms with Gasteiger partial charge in [-0.05, 0) is 82.5 Å². The summed E-state index contributed by atoms with van der Waals surface area (Å²) < 4.78 is 48.3. The van der Waals surface area contributed by atoms with Crippen molar-refractivity contribution in [3.63, 3.8) is 0 Å². The second-order valence-corrected chi connectivity index (χ2v) is 21.7. The van der Waals surface area contributed by atoms with Gasteiger partial charge in [0.2, 0.25) is 0 Å². The highest BCUT2D eigenvalue weighted by atomic mass is 32.2. The van der Waals surface area contributed by atoms with Gasteiger partial charge in [0.25, 0.3) is 14.2 Å². The second kappa shape index (κ2) is 16.0. The van der Waals surface area contributed by atoms with Crippen molar-refractivity contribution < 1.29 is 46.1 Å². The Balaban J connectivity index is 0.000000367. The first kappa shape index (κ1) is 41.9. The quantitative estimate of drug-likeness (QED) is 0.266. The van der Waals surface area contributed by atoms with Crippen LogP contribution in [-0.4, -0.2) is 99.3 Å². The average Bonchev–Trinajstić information content (AvgIpc) is 3.00. The Hall–Kier alpha value is -3.53. The molecule has 1 spiro atoms. The van der Waals surface area contributed by atoms with E-state index in [2.05, 4.69) is 33.9 Å². The minimum Gasteiger partial charge on any atom is -0.541 e. The molecular weight excluding hydrogens is 691 g/mol. The standard InChI is InChI=1S/C25H39NO7SSi.C11H16BNO3/c1-23(2,3)31-22(27)26-15-13-25(14-16-26)17-20(32-34(7,28)29)18-11-10-12-19(21(18)30-25)33-35(8,9)24(4,5)6;1-3-13(4-2)11(14)9-5-7-10(8-6-9)12(15)16/h10-12,17H,13-16H2,1-9H3;5-8,15-16H,3-4H2,1-2H3. The van der Waals surface area contributed by atoms with Gasteiger partial charge in [0.15, 0.2) is 11.5 Å². The normalized spacial score (nSPS) is 15.7. The minimum atomic E-state index is -3.78. The highest BCUT2D eigenvalue weighted by Gasteiger charge is 2.45. The highest BCUT2D eigenvalue weighted by Crippen LogP contribution is 2.48. The van der Waals surface area contributed by atoms with Crippen LogP contribution >= 0.6 is 0 Å². The molecule has 0 aliphatic carbocycles. The molecule has 51 heavy (non-hydrogen) atoms. The van der Waals surface area contributed by atoms with Crippen LogP contribution in [-0.2, 0) is 19.0 Å². The number of para-hydroxylation sites is 1. The fourth-order valence-corrected chi connectivity index (χ4v) is 6.72. The van der Waals surface area contributed by atoms with Crippen molar-refractivity contribution >= 4 is 48.8 Å². The number of hydrogen-bond donors (Lipinski definition) is 2. The Morgan fingerprint density at radius 3 is 2.02 bits per heavy atom. The molecule has 15 heteroatoms. The molecular formula is C36H55BN2O10SSi. The lowest BCUT2D eigenvalue weighted by Gasteiger charge is -2.43. The summed E-state index contributed by atoms with van der Waals surface area (Å²) in [4.78, 5) is 27.8. The zero-order valence-corrected chi connectivity index (χ0v) is 33.7. The molecule has 1 saturated heterocycles. The van der Waals surface area contributed by atoms with E-state index in [4.69, 9.17) is 28.1 Å². The van der Waals surface area contributed by atoms with Crippen molar-refractivity contribution in [1.82, 2.24) is 9.80 Å². The smallest absolute Gasteiger partial charge is 0.488 e. The molecule has 1 fully saturated rings. The van der Waals surface area contributed by atoms with Crippen LogP contribution < -0.4 is 14.6 Å². The topological polar surface area (TPSA) is 152 Å². The number of amides is 2. The molecule has 2 aromatic rings. The van der Waals surface area contributed by atoms with Gasteiger partial charge in [0.05, 0.1) is 11.8 Å². The van der Waals surface area contributed by atoms with Gasteiger partial charge in [-0.2, -0.15) is 8.42 Å². The zero-order valence-electron chi connectivity index (χ0n) is 31.9. The average molecular weight is 747 g/mol. The molecule has 0 bridgehead atoms. The first-order chi connectivity index (χ1) is 23.4. The molecule has 2 aliphatic heterocycles. The first-order valence-electron chi connectivity index (χ1n) is 17.3. The van der Waals surface area contributed by atoms with E-state index in [-0.39, 0.29) is 22.8 Å². The second-order valence-electron chi connectivity index (χ2n) is 15.4.